The van der Waals surface area contributed by atoms with Crippen molar-refractivity contribution in [1.82, 2.24) is 15.5 Å². The summed E-state index contributed by atoms with van der Waals surface area (Å²) in [5, 5.41) is 5.76. The van der Waals surface area contributed by atoms with Crippen LogP contribution < -0.4 is 10.6 Å². The van der Waals surface area contributed by atoms with E-state index in [-0.39, 0.29) is 18.0 Å². The number of ether oxygens (including phenoxy) is 1. The van der Waals surface area contributed by atoms with Crippen molar-refractivity contribution in [2.24, 2.45) is 11.8 Å². The number of piperidine rings is 1. The number of likely N-dealkylation sites (tertiary alicyclic amines) is 1. The van der Waals surface area contributed by atoms with Crippen LogP contribution >= 0.6 is 0 Å². The Balaban J connectivity index is 2.51. The first kappa shape index (κ1) is 17.8. The molecule has 1 fully saturated rings. The molecule has 0 bridgehead atoms. The number of hydrogen-bond acceptors (Lipinski definition) is 4. The zero-order valence-corrected chi connectivity index (χ0v) is 13.6. The summed E-state index contributed by atoms with van der Waals surface area (Å²) < 4.78 is 4.96. The van der Waals surface area contributed by atoms with Crippen LogP contribution in [-0.4, -0.2) is 55.7 Å². The highest BCUT2D eigenvalue weighted by Crippen LogP contribution is 2.23. The highest BCUT2D eigenvalue weighted by Gasteiger charge is 2.29. The second kappa shape index (κ2) is 8.87. The molecule has 21 heavy (non-hydrogen) atoms. The summed E-state index contributed by atoms with van der Waals surface area (Å²) >= 11 is 0. The zero-order valence-electron chi connectivity index (χ0n) is 13.6. The summed E-state index contributed by atoms with van der Waals surface area (Å²) in [6.45, 7) is 11.4. The highest BCUT2D eigenvalue weighted by atomic mass is 16.5. The lowest BCUT2D eigenvalue weighted by atomic mass is 9.85. The molecule has 122 valence electrons. The average Bonchev–Trinajstić information content (AvgIpc) is 2.38. The Morgan fingerprint density at radius 1 is 1.33 bits per heavy atom. The lowest BCUT2D eigenvalue weighted by molar-refractivity contribution is -0.119. The van der Waals surface area contributed by atoms with Gasteiger partial charge < -0.3 is 15.4 Å². The highest BCUT2D eigenvalue weighted by molar-refractivity contribution is 5.72. The fourth-order valence-electron chi connectivity index (χ4n) is 2.73. The molecule has 2 atom stereocenters. The number of rotatable bonds is 6. The summed E-state index contributed by atoms with van der Waals surface area (Å²) in [7, 11) is 0. The maximum atomic E-state index is 11.6. The van der Waals surface area contributed by atoms with Crippen molar-refractivity contribution < 1.29 is 14.3 Å². The Morgan fingerprint density at radius 2 is 2.05 bits per heavy atom. The van der Waals surface area contributed by atoms with E-state index in [0.29, 0.717) is 25.0 Å². The number of nitrogens with one attached hydrogen (secondary N) is 2. The molecule has 0 aromatic carbocycles. The third kappa shape index (κ3) is 6.80. The van der Waals surface area contributed by atoms with E-state index in [1.807, 2.05) is 0 Å². The Bertz CT molecular complexity index is 347. The topological polar surface area (TPSA) is 70.7 Å². The second-order valence-corrected chi connectivity index (χ2v) is 6.04. The summed E-state index contributed by atoms with van der Waals surface area (Å²) in [6, 6.07) is 0.113. The number of amides is 2. The molecule has 6 heteroatoms. The monoisotopic (exact) mass is 299 g/mol. The predicted octanol–water partition coefficient (Wildman–Crippen LogP) is 1.22. The average molecular weight is 299 g/mol. The van der Waals surface area contributed by atoms with Gasteiger partial charge >= 0.3 is 6.09 Å². The minimum absolute atomic E-state index is 0.00591. The van der Waals surface area contributed by atoms with Crippen LogP contribution in [0.4, 0.5) is 4.79 Å². The number of carbonyl (C=O) groups excluding carboxylic acids is 2. The third-order valence-corrected chi connectivity index (χ3v) is 3.90. The van der Waals surface area contributed by atoms with Gasteiger partial charge in [0.25, 0.3) is 0 Å². The van der Waals surface area contributed by atoms with Gasteiger partial charge in [-0.3, -0.25) is 9.69 Å². The van der Waals surface area contributed by atoms with Crippen molar-refractivity contribution in [3.63, 3.8) is 0 Å². The normalized spacial score (nSPS) is 22.9. The van der Waals surface area contributed by atoms with Crippen LogP contribution in [0, 0.1) is 11.8 Å². The van der Waals surface area contributed by atoms with Gasteiger partial charge in [0, 0.05) is 39.1 Å². The van der Waals surface area contributed by atoms with E-state index in [9.17, 15) is 9.59 Å². The van der Waals surface area contributed by atoms with E-state index in [2.05, 4.69) is 29.4 Å². The summed E-state index contributed by atoms with van der Waals surface area (Å²) in [5.74, 6) is 1.11. The van der Waals surface area contributed by atoms with Crippen LogP contribution in [0.25, 0.3) is 0 Å². The fraction of sp³-hybridized carbons (Fsp3) is 0.867. The number of nitrogens with zero attached hydrogens (tertiary/aromatic N) is 1. The van der Waals surface area contributed by atoms with Crippen molar-refractivity contribution in [2.75, 3.05) is 32.8 Å². The van der Waals surface area contributed by atoms with Crippen molar-refractivity contribution in [3.05, 3.63) is 0 Å². The van der Waals surface area contributed by atoms with Crippen molar-refractivity contribution in [2.45, 2.75) is 40.2 Å². The summed E-state index contributed by atoms with van der Waals surface area (Å²) in [4.78, 5) is 24.8. The standard InChI is InChI=1S/C15H29N3O3/c1-5-21-15(20)17-14-8-13(11(2)3)9-18(10-14)7-6-16-12(4)19/h11,13-14H,5-10H2,1-4H3,(H,16,19)(H,17,20). The van der Waals surface area contributed by atoms with Crippen LogP contribution in [0.15, 0.2) is 0 Å². The van der Waals surface area contributed by atoms with E-state index in [1.54, 1.807) is 6.92 Å². The first-order valence-electron chi connectivity index (χ1n) is 7.82. The molecule has 0 aromatic heterocycles. The van der Waals surface area contributed by atoms with E-state index < -0.39 is 0 Å². The van der Waals surface area contributed by atoms with E-state index in [4.69, 9.17) is 4.74 Å². The minimum Gasteiger partial charge on any atom is -0.450 e. The molecule has 0 aliphatic carbocycles. The van der Waals surface area contributed by atoms with Crippen LogP contribution in [-0.2, 0) is 9.53 Å². The minimum atomic E-state index is -0.339. The van der Waals surface area contributed by atoms with Gasteiger partial charge in [-0.25, -0.2) is 4.79 Å². The van der Waals surface area contributed by atoms with Gasteiger partial charge in [-0.05, 0) is 25.2 Å². The van der Waals surface area contributed by atoms with E-state index >= 15 is 0 Å². The van der Waals surface area contributed by atoms with Gasteiger partial charge in [0.15, 0.2) is 0 Å². The third-order valence-electron chi connectivity index (χ3n) is 3.90. The number of hydrogen-bond donors (Lipinski definition) is 2. The molecule has 1 heterocycles. The lowest BCUT2D eigenvalue weighted by Crippen LogP contribution is -2.53. The van der Waals surface area contributed by atoms with Gasteiger partial charge in [0.05, 0.1) is 6.61 Å². The van der Waals surface area contributed by atoms with Crippen molar-refractivity contribution in [3.8, 4) is 0 Å². The molecule has 2 unspecified atom stereocenters. The first-order valence-corrected chi connectivity index (χ1v) is 7.82. The molecule has 0 radical (unpaired) electrons. The van der Waals surface area contributed by atoms with Gasteiger partial charge in [-0.2, -0.15) is 0 Å². The molecule has 0 aromatic rings. The molecule has 1 saturated heterocycles. The maximum Gasteiger partial charge on any atom is 0.407 e. The van der Waals surface area contributed by atoms with Crippen LogP contribution in [0.5, 0.6) is 0 Å². The molecular weight excluding hydrogens is 270 g/mol. The molecule has 1 rings (SSSR count). The largest absolute Gasteiger partial charge is 0.450 e. The Hall–Kier alpha value is -1.30. The quantitative estimate of drug-likeness (QED) is 0.773. The number of alkyl carbamates (subject to hydrolysis) is 1. The van der Waals surface area contributed by atoms with Gasteiger partial charge in [0.1, 0.15) is 0 Å². The van der Waals surface area contributed by atoms with Crippen LogP contribution in [0.1, 0.15) is 34.1 Å². The summed E-state index contributed by atoms with van der Waals surface area (Å²) in [5.41, 5.74) is 0. The Labute approximate surface area is 127 Å². The molecule has 2 N–H and O–H groups in total. The predicted molar refractivity (Wildman–Crippen MR) is 82.0 cm³/mol. The molecule has 1 aliphatic rings. The molecule has 1 aliphatic heterocycles. The van der Waals surface area contributed by atoms with Crippen molar-refractivity contribution in [1.29, 1.82) is 0 Å². The van der Waals surface area contributed by atoms with Gasteiger partial charge in [-0.1, -0.05) is 13.8 Å². The molecule has 0 saturated carbocycles. The maximum absolute atomic E-state index is 11.6. The number of carbonyl (C=O) groups is 2. The smallest absolute Gasteiger partial charge is 0.407 e. The first-order chi connectivity index (χ1) is 9.92. The molecular formula is C15H29N3O3. The van der Waals surface area contributed by atoms with Crippen LogP contribution in [0.2, 0.25) is 0 Å². The zero-order chi connectivity index (χ0) is 15.8. The second-order valence-electron chi connectivity index (χ2n) is 6.04. The van der Waals surface area contributed by atoms with Gasteiger partial charge in [-0.15, -0.1) is 0 Å². The SMILES string of the molecule is CCOC(=O)NC1CC(C(C)C)CN(CCNC(C)=O)C1. The molecule has 2 amide bonds. The van der Waals surface area contributed by atoms with Crippen LogP contribution in [0.3, 0.4) is 0 Å². The Kier molecular flexibility index (Phi) is 7.50. The van der Waals surface area contributed by atoms with Gasteiger partial charge in [0.2, 0.25) is 5.91 Å². The molecule has 0 spiro atoms. The Morgan fingerprint density at radius 3 is 2.62 bits per heavy atom. The fourth-order valence-corrected chi connectivity index (χ4v) is 2.73. The molecule has 6 nitrogen and oxygen atoms in total. The van der Waals surface area contributed by atoms with E-state index in [0.717, 1.165) is 26.1 Å². The van der Waals surface area contributed by atoms with E-state index in [1.165, 1.54) is 6.92 Å². The van der Waals surface area contributed by atoms with Crippen molar-refractivity contribution >= 4 is 12.0 Å². The lowest BCUT2D eigenvalue weighted by Gasteiger charge is -2.39. The summed E-state index contributed by atoms with van der Waals surface area (Å²) in [6.07, 6.45) is 0.640.